The standard InChI is InChI=1S/C26H28N6O3/c1-17-29-30-26-22(16-24(34)31(2)13-14-33)28-25(19-8-6-18(7-9-19)5-4-12-27)21-15-20(35-3)10-11-23(21)32(17)26/h6-11,15,22,33H,12-14,16,27H2,1-3H3/t22-/m0/s1. The maximum Gasteiger partial charge on any atom is 0.225 e. The molecule has 2 aromatic carbocycles. The highest BCUT2D eigenvalue weighted by atomic mass is 16.5. The Bertz CT molecular complexity index is 1320. The number of hydrogen-bond acceptors (Lipinski definition) is 7. The van der Waals surface area contributed by atoms with Gasteiger partial charge in [-0.25, -0.2) is 0 Å². The minimum atomic E-state index is -0.574. The SMILES string of the molecule is COc1ccc2c(c1)C(c1ccc(C#CCN)cc1)=N[C@@H](CC(=O)N(C)CCO)c1nnc(C)n1-2. The third-order valence-electron chi connectivity index (χ3n) is 5.85. The fourth-order valence-electron chi connectivity index (χ4n) is 4.03. The van der Waals surface area contributed by atoms with E-state index in [2.05, 4.69) is 22.0 Å². The van der Waals surface area contributed by atoms with Crippen LogP contribution in [-0.2, 0) is 4.79 Å². The van der Waals surface area contributed by atoms with Gasteiger partial charge >= 0.3 is 0 Å². The van der Waals surface area contributed by atoms with Crippen LogP contribution in [0.25, 0.3) is 5.69 Å². The lowest BCUT2D eigenvalue weighted by Gasteiger charge is -2.18. The number of rotatable bonds is 6. The Morgan fingerprint density at radius 2 is 2.00 bits per heavy atom. The average molecular weight is 473 g/mol. The van der Waals surface area contributed by atoms with Crippen LogP contribution in [0.3, 0.4) is 0 Å². The van der Waals surface area contributed by atoms with Gasteiger partial charge in [0.25, 0.3) is 0 Å². The molecule has 180 valence electrons. The summed E-state index contributed by atoms with van der Waals surface area (Å²) in [5.41, 5.74) is 9.63. The van der Waals surface area contributed by atoms with Crippen molar-refractivity contribution >= 4 is 11.6 Å². The molecule has 1 amide bonds. The molecule has 0 unspecified atom stereocenters. The van der Waals surface area contributed by atoms with Crippen molar-refractivity contribution in [1.29, 1.82) is 0 Å². The quantitative estimate of drug-likeness (QED) is 0.527. The molecule has 0 spiro atoms. The molecule has 0 saturated heterocycles. The van der Waals surface area contributed by atoms with Gasteiger partial charge in [-0.2, -0.15) is 0 Å². The molecule has 3 aromatic rings. The molecule has 0 radical (unpaired) electrons. The van der Waals surface area contributed by atoms with E-state index in [0.717, 1.165) is 22.4 Å². The van der Waals surface area contributed by atoms with Gasteiger partial charge < -0.3 is 20.5 Å². The Balaban J connectivity index is 1.88. The van der Waals surface area contributed by atoms with Crippen LogP contribution >= 0.6 is 0 Å². The van der Waals surface area contributed by atoms with Gasteiger partial charge in [0.15, 0.2) is 5.82 Å². The third-order valence-corrected chi connectivity index (χ3v) is 5.85. The van der Waals surface area contributed by atoms with E-state index in [-0.39, 0.29) is 25.5 Å². The van der Waals surface area contributed by atoms with Crippen LogP contribution in [-0.4, -0.2) is 70.2 Å². The van der Waals surface area contributed by atoms with Crippen LogP contribution < -0.4 is 10.5 Å². The van der Waals surface area contributed by atoms with Gasteiger partial charge in [-0.15, -0.1) is 10.2 Å². The van der Waals surface area contributed by atoms with Gasteiger partial charge in [0.2, 0.25) is 5.91 Å². The Kier molecular flexibility index (Phi) is 7.25. The summed E-state index contributed by atoms with van der Waals surface area (Å²) in [6, 6.07) is 12.9. The molecule has 0 aliphatic carbocycles. The minimum Gasteiger partial charge on any atom is -0.497 e. The summed E-state index contributed by atoms with van der Waals surface area (Å²) in [5.74, 6) is 7.71. The van der Waals surface area contributed by atoms with Crippen molar-refractivity contribution in [2.75, 3.05) is 33.9 Å². The summed E-state index contributed by atoms with van der Waals surface area (Å²) in [7, 11) is 3.28. The normalized spacial score (nSPS) is 14.1. The topological polar surface area (TPSA) is 119 Å². The monoisotopic (exact) mass is 472 g/mol. The fraction of sp³-hybridized carbons (Fsp3) is 0.308. The van der Waals surface area contributed by atoms with Crippen LogP contribution in [0, 0.1) is 18.8 Å². The second-order valence-corrected chi connectivity index (χ2v) is 8.14. The van der Waals surface area contributed by atoms with E-state index in [4.69, 9.17) is 15.5 Å². The second-order valence-electron chi connectivity index (χ2n) is 8.14. The van der Waals surface area contributed by atoms with Crippen molar-refractivity contribution in [2.24, 2.45) is 10.7 Å². The first-order chi connectivity index (χ1) is 17.0. The van der Waals surface area contributed by atoms with Gasteiger partial charge in [0.1, 0.15) is 17.6 Å². The number of nitrogens with two attached hydrogens (primary N) is 1. The van der Waals surface area contributed by atoms with E-state index in [9.17, 15) is 9.90 Å². The Morgan fingerprint density at radius 1 is 1.23 bits per heavy atom. The summed E-state index contributed by atoms with van der Waals surface area (Å²) in [6.45, 7) is 2.30. The molecule has 35 heavy (non-hydrogen) atoms. The van der Waals surface area contributed by atoms with Crippen LogP contribution in [0.4, 0.5) is 0 Å². The van der Waals surface area contributed by atoms with E-state index >= 15 is 0 Å². The average Bonchev–Trinajstić information content (AvgIpc) is 3.19. The molecule has 9 heteroatoms. The summed E-state index contributed by atoms with van der Waals surface area (Å²) < 4.78 is 7.45. The number of carbonyl (C=O) groups excluding carboxylic acids is 1. The molecule has 2 heterocycles. The lowest BCUT2D eigenvalue weighted by molar-refractivity contribution is -0.130. The van der Waals surface area contributed by atoms with E-state index in [1.54, 1.807) is 14.2 Å². The number of ether oxygens (including phenoxy) is 1. The molecular weight excluding hydrogens is 444 g/mol. The van der Waals surface area contributed by atoms with Crippen LogP contribution in [0.1, 0.15) is 40.8 Å². The number of aliphatic imine (C=N–C) groups is 1. The number of aromatic nitrogens is 3. The highest BCUT2D eigenvalue weighted by Crippen LogP contribution is 2.34. The number of carbonyl (C=O) groups is 1. The van der Waals surface area contributed by atoms with Crippen molar-refractivity contribution in [1.82, 2.24) is 19.7 Å². The molecule has 4 rings (SSSR count). The number of fused-ring (bicyclic) bond motifs is 3. The van der Waals surface area contributed by atoms with Crippen LogP contribution in [0.5, 0.6) is 5.75 Å². The lowest BCUT2D eigenvalue weighted by Crippen LogP contribution is -2.30. The molecule has 1 aliphatic heterocycles. The Hall–Kier alpha value is -4.00. The van der Waals surface area contributed by atoms with Crippen molar-refractivity contribution in [3.63, 3.8) is 0 Å². The molecule has 1 aromatic heterocycles. The number of aryl methyl sites for hydroxylation is 1. The third kappa shape index (κ3) is 4.94. The Morgan fingerprint density at radius 3 is 2.69 bits per heavy atom. The number of hydrogen-bond donors (Lipinski definition) is 2. The van der Waals surface area contributed by atoms with Crippen molar-refractivity contribution in [3.8, 4) is 23.3 Å². The van der Waals surface area contributed by atoms with E-state index in [1.165, 1.54) is 4.90 Å². The smallest absolute Gasteiger partial charge is 0.225 e. The summed E-state index contributed by atoms with van der Waals surface area (Å²) in [5, 5.41) is 17.9. The van der Waals surface area contributed by atoms with Gasteiger partial charge in [-0.1, -0.05) is 24.0 Å². The number of aliphatic hydroxyl groups excluding tert-OH is 1. The zero-order chi connectivity index (χ0) is 24.9. The molecule has 0 saturated carbocycles. The van der Waals surface area contributed by atoms with Crippen LogP contribution in [0.2, 0.25) is 0 Å². The maximum atomic E-state index is 12.9. The van der Waals surface area contributed by atoms with Crippen molar-refractivity contribution in [2.45, 2.75) is 19.4 Å². The lowest BCUT2D eigenvalue weighted by atomic mass is 9.99. The fourth-order valence-corrected chi connectivity index (χ4v) is 4.03. The summed E-state index contributed by atoms with van der Waals surface area (Å²) in [4.78, 5) is 19.5. The van der Waals surface area contributed by atoms with Crippen molar-refractivity contribution < 1.29 is 14.6 Å². The molecule has 0 fully saturated rings. The van der Waals surface area contributed by atoms with Crippen LogP contribution in [0.15, 0.2) is 47.5 Å². The number of benzene rings is 2. The number of likely N-dealkylation sites (N-methyl/N-ethyl adjacent to an activating group) is 1. The largest absolute Gasteiger partial charge is 0.497 e. The number of methoxy groups -OCH3 is 1. The molecule has 0 bridgehead atoms. The van der Waals surface area contributed by atoms with Gasteiger partial charge in [-0.3, -0.25) is 14.4 Å². The van der Waals surface area contributed by atoms with Gasteiger partial charge in [-0.05, 0) is 37.3 Å². The maximum absolute atomic E-state index is 12.9. The molecule has 9 nitrogen and oxygen atoms in total. The number of nitrogens with zero attached hydrogens (tertiary/aromatic N) is 5. The molecular formula is C26H28N6O3. The number of amides is 1. The first kappa shape index (κ1) is 24.1. The number of aliphatic hydroxyl groups is 1. The zero-order valence-corrected chi connectivity index (χ0v) is 20.0. The molecule has 1 atom stereocenters. The predicted octanol–water partition coefficient (Wildman–Crippen LogP) is 1.63. The molecule has 1 aliphatic rings. The van der Waals surface area contributed by atoms with E-state index in [0.29, 0.717) is 29.7 Å². The first-order valence-electron chi connectivity index (χ1n) is 11.3. The zero-order valence-electron chi connectivity index (χ0n) is 20.0. The highest BCUT2D eigenvalue weighted by Gasteiger charge is 2.30. The minimum absolute atomic E-state index is 0.0866. The van der Waals surface area contributed by atoms with E-state index in [1.807, 2.05) is 54.0 Å². The summed E-state index contributed by atoms with van der Waals surface area (Å²) >= 11 is 0. The first-order valence-corrected chi connectivity index (χ1v) is 11.3. The van der Waals surface area contributed by atoms with E-state index < -0.39 is 6.04 Å². The highest BCUT2D eigenvalue weighted by molar-refractivity contribution is 6.15. The Labute approximate surface area is 204 Å². The predicted molar refractivity (Wildman–Crippen MR) is 133 cm³/mol. The summed E-state index contributed by atoms with van der Waals surface area (Å²) in [6.07, 6.45) is 0.0866. The second kappa shape index (κ2) is 10.5. The van der Waals surface area contributed by atoms with Crippen molar-refractivity contribution in [3.05, 3.63) is 70.8 Å². The molecule has 3 N–H and O–H groups in total. The van der Waals surface area contributed by atoms with Gasteiger partial charge in [0, 0.05) is 30.3 Å². The van der Waals surface area contributed by atoms with Gasteiger partial charge in [0.05, 0.1) is 38.1 Å².